The molecule has 0 aliphatic carbocycles. The standard InChI is InChI=1S/C25H20F6N4O2S/c26-24(27,28)17-5-4-15(19(10-17)25(29,30)31)12-35-20-6-3-14(8-16(20)11-33-35)9-21-22(36)34(23(37)38-21)13-18-2-1-7-32-18/h3-6,8-11,18,32H,1-2,7,12-13H2/t18-/m1/s1. The maximum Gasteiger partial charge on any atom is 0.416 e. The van der Waals surface area contributed by atoms with Gasteiger partial charge >= 0.3 is 12.4 Å². The van der Waals surface area contributed by atoms with Gasteiger partial charge in [-0.3, -0.25) is 19.2 Å². The van der Waals surface area contributed by atoms with E-state index >= 15 is 0 Å². The van der Waals surface area contributed by atoms with E-state index in [1.807, 2.05) is 0 Å². The Bertz CT molecular complexity index is 1440. The number of nitrogens with zero attached hydrogens (tertiary/aromatic N) is 3. The van der Waals surface area contributed by atoms with E-state index in [1.54, 1.807) is 24.3 Å². The molecule has 6 nitrogen and oxygen atoms in total. The molecule has 2 aliphatic heterocycles. The predicted octanol–water partition coefficient (Wildman–Crippen LogP) is 5.91. The molecule has 0 radical (unpaired) electrons. The number of hydrogen-bond acceptors (Lipinski definition) is 5. The number of imide groups is 1. The molecule has 3 aromatic rings. The lowest BCUT2D eigenvalue weighted by molar-refractivity contribution is -0.143. The summed E-state index contributed by atoms with van der Waals surface area (Å²) in [6.45, 7) is 0.752. The van der Waals surface area contributed by atoms with Crippen LogP contribution in [0, 0.1) is 0 Å². The van der Waals surface area contributed by atoms with Crippen LogP contribution >= 0.6 is 11.8 Å². The summed E-state index contributed by atoms with van der Waals surface area (Å²) >= 11 is 0.842. The molecule has 200 valence electrons. The smallest absolute Gasteiger partial charge is 0.312 e. The zero-order valence-corrected chi connectivity index (χ0v) is 20.4. The monoisotopic (exact) mass is 554 g/mol. The summed E-state index contributed by atoms with van der Waals surface area (Å²) in [5.41, 5.74) is -2.07. The lowest BCUT2D eigenvalue weighted by Gasteiger charge is -2.17. The highest BCUT2D eigenvalue weighted by Crippen LogP contribution is 2.38. The molecule has 2 aromatic carbocycles. The van der Waals surface area contributed by atoms with Crippen LogP contribution in [0.3, 0.4) is 0 Å². The zero-order valence-electron chi connectivity index (χ0n) is 19.6. The van der Waals surface area contributed by atoms with Gasteiger partial charge in [0.05, 0.1) is 34.3 Å². The fraction of sp³-hybridized carbons (Fsp3) is 0.320. The lowest BCUT2D eigenvalue weighted by Crippen LogP contribution is -2.39. The van der Waals surface area contributed by atoms with Crippen LogP contribution in [0.1, 0.15) is 35.1 Å². The summed E-state index contributed by atoms with van der Waals surface area (Å²) in [5.74, 6) is -0.383. The molecule has 38 heavy (non-hydrogen) atoms. The number of halogens is 6. The highest BCUT2D eigenvalue weighted by Gasteiger charge is 2.39. The first-order chi connectivity index (χ1) is 17.9. The highest BCUT2D eigenvalue weighted by molar-refractivity contribution is 8.18. The third-order valence-electron chi connectivity index (χ3n) is 6.47. The van der Waals surface area contributed by atoms with Gasteiger partial charge in [-0.05, 0) is 72.6 Å². The molecule has 2 saturated heterocycles. The van der Waals surface area contributed by atoms with Crippen LogP contribution in [-0.2, 0) is 23.7 Å². The van der Waals surface area contributed by atoms with Crippen LogP contribution in [0.5, 0.6) is 0 Å². The van der Waals surface area contributed by atoms with Crippen LogP contribution in [0.25, 0.3) is 17.0 Å². The molecule has 5 rings (SSSR count). The minimum Gasteiger partial charge on any atom is -0.312 e. The van der Waals surface area contributed by atoms with E-state index < -0.39 is 30.0 Å². The molecule has 0 bridgehead atoms. The summed E-state index contributed by atoms with van der Waals surface area (Å²) in [5, 5.41) is 7.58. The summed E-state index contributed by atoms with van der Waals surface area (Å²) < 4.78 is 80.8. The summed E-state index contributed by atoms with van der Waals surface area (Å²) in [4.78, 5) is 26.7. The molecule has 1 atom stereocenters. The number of thioether (sulfide) groups is 1. The Balaban J connectivity index is 1.38. The molecule has 0 spiro atoms. The van der Waals surface area contributed by atoms with E-state index in [9.17, 15) is 35.9 Å². The molecular weight excluding hydrogens is 534 g/mol. The second kappa shape index (κ2) is 9.77. The van der Waals surface area contributed by atoms with Crippen LogP contribution in [-0.4, -0.2) is 45.0 Å². The van der Waals surface area contributed by atoms with Crippen molar-refractivity contribution in [3.63, 3.8) is 0 Å². The number of fused-ring (bicyclic) bond motifs is 1. The largest absolute Gasteiger partial charge is 0.416 e. The number of hydrogen-bond donors (Lipinski definition) is 1. The summed E-state index contributed by atoms with van der Waals surface area (Å²) in [6, 6.07) is 6.50. The Morgan fingerprint density at radius 1 is 1.05 bits per heavy atom. The van der Waals surface area contributed by atoms with E-state index in [1.165, 1.54) is 15.8 Å². The number of rotatable bonds is 5. The van der Waals surface area contributed by atoms with Crippen LogP contribution in [0.4, 0.5) is 31.1 Å². The molecule has 1 aromatic heterocycles. The van der Waals surface area contributed by atoms with Gasteiger partial charge in [0.15, 0.2) is 0 Å². The topological polar surface area (TPSA) is 67.2 Å². The molecule has 0 saturated carbocycles. The number of nitrogens with one attached hydrogen (secondary N) is 1. The molecule has 2 aliphatic rings. The number of benzene rings is 2. The first kappa shape index (κ1) is 26.3. The van der Waals surface area contributed by atoms with Gasteiger partial charge in [0, 0.05) is 18.0 Å². The number of amides is 2. The Kier molecular flexibility index (Phi) is 6.76. The first-order valence-electron chi connectivity index (χ1n) is 11.6. The van der Waals surface area contributed by atoms with Crippen LogP contribution in [0.15, 0.2) is 47.5 Å². The third kappa shape index (κ3) is 5.30. The average Bonchev–Trinajstić information content (AvgIpc) is 3.55. The predicted molar refractivity (Wildman–Crippen MR) is 129 cm³/mol. The van der Waals surface area contributed by atoms with Gasteiger partial charge in [-0.1, -0.05) is 12.1 Å². The van der Waals surface area contributed by atoms with Gasteiger partial charge in [-0.25, -0.2) is 0 Å². The number of carbonyl (C=O) groups excluding carboxylic acids is 2. The van der Waals surface area contributed by atoms with Crippen molar-refractivity contribution < 1.29 is 35.9 Å². The Morgan fingerprint density at radius 2 is 1.84 bits per heavy atom. The summed E-state index contributed by atoms with van der Waals surface area (Å²) in [7, 11) is 0. The quantitative estimate of drug-likeness (QED) is 0.314. The van der Waals surface area contributed by atoms with Gasteiger partial charge < -0.3 is 5.32 Å². The fourth-order valence-electron chi connectivity index (χ4n) is 4.58. The van der Waals surface area contributed by atoms with Crippen molar-refractivity contribution in [1.29, 1.82) is 0 Å². The molecule has 2 amide bonds. The van der Waals surface area contributed by atoms with Crippen molar-refractivity contribution >= 4 is 39.9 Å². The molecule has 3 heterocycles. The van der Waals surface area contributed by atoms with E-state index in [2.05, 4.69) is 10.4 Å². The molecule has 1 N–H and O–H groups in total. The third-order valence-corrected chi connectivity index (χ3v) is 7.37. The Morgan fingerprint density at radius 3 is 2.53 bits per heavy atom. The van der Waals surface area contributed by atoms with Crippen molar-refractivity contribution in [2.24, 2.45) is 0 Å². The van der Waals surface area contributed by atoms with Crippen molar-refractivity contribution in [2.75, 3.05) is 13.1 Å². The highest BCUT2D eigenvalue weighted by atomic mass is 32.2. The minimum atomic E-state index is -4.98. The fourth-order valence-corrected chi connectivity index (χ4v) is 5.43. The number of carbonyl (C=O) groups is 2. The average molecular weight is 555 g/mol. The SMILES string of the molecule is O=C1SC(=Cc2ccc3c(cnn3Cc3ccc(C(F)(F)F)cc3C(F)(F)F)c2)C(=O)N1C[C@H]1CCCN1. The Hall–Kier alpha value is -3.32. The van der Waals surface area contributed by atoms with Gasteiger partial charge in [0.2, 0.25) is 0 Å². The zero-order chi connectivity index (χ0) is 27.2. The van der Waals surface area contributed by atoms with Crippen molar-refractivity contribution in [3.8, 4) is 0 Å². The summed E-state index contributed by atoms with van der Waals surface area (Å²) in [6.07, 6.45) is -5.03. The maximum atomic E-state index is 13.5. The van der Waals surface area contributed by atoms with Gasteiger partial charge in [-0.2, -0.15) is 31.4 Å². The molecule has 2 fully saturated rings. The minimum absolute atomic E-state index is 0.0765. The van der Waals surface area contributed by atoms with Gasteiger partial charge in [-0.15, -0.1) is 0 Å². The van der Waals surface area contributed by atoms with E-state index in [4.69, 9.17) is 0 Å². The number of alkyl halides is 6. The second-order valence-corrected chi connectivity index (χ2v) is 10.1. The van der Waals surface area contributed by atoms with Crippen molar-refractivity contribution in [3.05, 3.63) is 69.8 Å². The molecule has 0 unspecified atom stereocenters. The van der Waals surface area contributed by atoms with Gasteiger partial charge in [0.1, 0.15) is 0 Å². The first-order valence-corrected chi connectivity index (χ1v) is 12.4. The lowest BCUT2D eigenvalue weighted by atomic mass is 10.0. The second-order valence-electron chi connectivity index (χ2n) is 9.07. The van der Waals surface area contributed by atoms with E-state index in [0.29, 0.717) is 29.1 Å². The number of aromatic nitrogens is 2. The van der Waals surface area contributed by atoms with Crippen LogP contribution < -0.4 is 5.32 Å². The molecule has 13 heteroatoms. The Labute approximate surface area is 216 Å². The van der Waals surface area contributed by atoms with Crippen molar-refractivity contribution in [2.45, 2.75) is 37.8 Å². The maximum absolute atomic E-state index is 13.5. The molecular formula is C25H20F6N4O2S. The van der Waals surface area contributed by atoms with E-state index in [-0.39, 0.29) is 33.7 Å². The normalized spacial score (nSPS) is 19.9. The van der Waals surface area contributed by atoms with Gasteiger partial charge in [0.25, 0.3) is 11.1 Å². The van der Waals surface area contributed by atoms with E-state index in [0.717, 1.165) is 37.2 Å². The van der Waals surface area contributed by atoms with Crippen molar-refractivity contribution in [1.82, 2.24) is 20.0 Å². The van der Waals surface area contributed by atoms with Crippen LogP contribution in [0.2, 0.25) is 0 Å².